The number of benzene rings is 1. The standard InChI is InChI=1S/C30H42N6O2/c1-22-14-17-36(18-15-22)16-5-19-38-26-12-13-27-28(20-26)31-21-32-29(27)33-24-8-10-25(11-9-24)35-30(37)34-23-6-3-2-4-7-23/h8-13,20-23,27-28H,2-7,14-19H2,1H3,(H,31,32,33)(H2,34,35,37). The molecule has 1 saturated heterocycles. The van der Waals surface area contributed by atoms with E-state index in [1.807, 2.05) is 30.3 Å². The van der Waals surface area contributed by atoms with Gasteiger partial charge in [0.1, 0.15) is 17.9 Å². The van der Waals surface area contributed by atoms with Crippen molar-refractivity contribution in [3.8, 4) is 0 Å². The first-order valence-electron chi connectivity index (χ1n) is 14.4. The number of rotatable bonds is 8. The lowest BCUT2D eigenvalue weighted by Gasteiger charge is -2.30. The first kappa shape index (κ1) is 26.5. The Kier molecular flexibility index (Phi) is 9.12. The Morgan fingerprint density at radius 2 is 1.82 bits per heavy atom. The molecular weight excluding hydrogens is 476 g/mol. The molecule has 0 radical (unpaired) electrons. The number of hydrogen-bond acceptors (Lipinski definition) is 6. The van der Waals surface area contributed by atoms with Crippen LogP contribution in [0.25, 0.3) is 0 Å². The molecule has 0 bridgehead atoms. The van der Waals surface area contributed by atoms with Gasteiger partial charge in [-0.05, 0) is 87.5 Å². The Labute approximate surface area is 226 Å². The van der Waals surface area contributed by atoms with E-state index in [0.29, 0.717) is 0 Å². The van der Waals surface area contributed by atoms with E-state index < -0.39 is 0 Å². The van der Waals surface area contributed by atoms with E-state index >= 15 is 0 Å². The number of anilines is 2. The summed E-state index contributed by atoms with van der Waals surface area (Å²) in [7, 11) is 0. The molecule has 5 rings (SSSR count). The second-order valence-electron chi connectivity index (χ2n) is 11.1. The van der Waals surface area contributed by atoms with Crippen LogP contribution in [0.2, 0.25) is 0 Å². The van der Waals surface area contributed by atoms with Crippen LogP contribution in [-0.2, 0) is 4.74 Å². The van der Waals surface area contributed by atoms with E-state index in [-0.39, 0.29) is 24.0 Å². The third kappa shape index (κ3) is 7.47. The number of nitrogens with one attached hydrogen (secondary N) is 3. The molecule has 2 aliphatic carbocycles. The molecule has 2 amide bonds. The summed E-state index contributed by atoms with van der Waals surface area (Å²) in [6.45, 7) is 6.61. The van der Waals surface area contributed by atoms with Crippen LogP contribution in [0.5, 0.6) is 0 Å². The molecule has 1 saturated carbocycles. The minimum atomic E-state index is -0.133. The number of nitrogens with zero attached hydrogens (tertiary/aromatic N) is 3. The number of amides is 2. The minimum Gasteiger partial charge on any atom is -0.494 e. The molecule has 8 heteroatoms. The Morgan fingerprint density at radius 3 is 2.61 bits per heavy atom. The second-order valence-corrected chi connectivity index (χ2v) is 11.1. The second kappa shape index (κ2) is 13.1. The third-order valence-corrected chi connectivity index (χ3v) is 8.04. The lowest BCUT2D eigenvalue weighted by molar-refractivity contribution is 0.159. The van der Waals surface area contributed by atoms with Crippen molar-refractivity contribution in [3.63, 3.8) is 0 Å². The zero-order chi connectivity index (χ0) is 26.2. The number of allylic oxidation sites excluding steroid dienone is 1. The van der Waals surface area contributed by atoms with Crippen molar-refractivity contribution in [3.05, 3.63) is 48.3 Å². The van der Waals surface area contributed by atoms with Gasteiger partial charge in [0.25, 0.3) is 0 Å². The van der Waals surface area contributed by atoms with Gasteiger partial charge in [-0.2, -0.15) is 0 Å². The molecule has 3 N–H and O–H groups in total. The fraction of sp³-hybridized carbons (Fsp3) is 0.567. The van der Waals surface area contributed by atoms with Crippen LogP contribution in [0, 0.1) is 11.8 Å². The van der Waals surface area contributed by atoms with Crippen LogP contribution in [0.4, 0.5) is 16.2 Å². The highest BCUT2D eigenvalue weighted by Gasteiger charge is 2.28. The van der Waals surface area contributed by atoms with E-state index in [9.17, 15) is 4.79 Å². The summed E-state index contributed by atoms with van der Waals surface area (Å²) in [5.41, 5.74) is 1.69. The van der Waals surface area contributed by atoms with Crippen LogP contribution in [0.3, 0.4) is 0 Å². The van der Waals surface area contributed by atoms with E-state index in [2.05, 4.69) is 49.9 Å². The minimum absolute atomic E-state index is 0.0250. The topological polar surface area (TPSA) is 90.3 Å². The number of carbonyl (C=O) groups excluding carboxylic acids is 1. The van der Waals surface area contributed by atoms with Crippen molar-refractivity contribution in [2.24, 2.45) is 21.8 Å². The molecule has 4 aliphatic rings. The highest BCUT2D eigenvalue weighted by atomic mass is 16.5. The largest absolute Gasteiger partial charge is 0.494 e. The fourth-order valence-electron chi connectivity index (χ4n) is 5.65. The molecule has 2 fully saturated rings. The maximum Gasteiger partial charge on any atom is 0.319 e. The molecule has 2 unspecified atom stereocenters. The molecule has 204 valence electrons. The molecule has 0 aromatic heterocycles. The molecule has 0 spiro atoms. The molecular formula is C30H42N6O2. The summed E-state index contributed by atoms with van der Waals surface area (Å²) in [6.07, 6.45) is 17.3. The summed E-state index contributed by atoms with van der Waals surface area (Å²) in [4.78, 5) is 24.0. The third-order valence-electron chi connectivity index (χ3n) is 8.04. The number of hydrogen-bond donors (Lipinski definition) is 3. The van der Waals surface area contributed by atoms with Gasteiger partial charge in [0.05, 0.1) is 18.6 Å². The monoisotopic (exact) mass is 518 g/mol. The molecule has 1 aromatic rings. The number of amidine groups is 1. The number of fused-ring (bicyclic) bond motifs is 1. The van der Waals surface area contributed by atoms with Gasteiger partial charge in [-0.3, -0.25) is 4.99 Å². The Morgan fingerprint density at radius 1 is 1.05 bits per heavy atom. The summed E-state index contributed by atoms with van der Waals surface area (Å²) in [6, 6.07) is 7.86. The zero-order valence-electron chi connectivity index (χ0n) is 22.6. The lowest BCUT2D eigenvalue weighted by Crippen LogP contribution is -2.39. The van der Waals surface area contributed by atoms with Gasteiger partial charge in [0.15, 0.2) is 0 Å². The predicted octanol–water partition coefficient (Wildman–Crippen LogP) is 5.57. The van der Waals surface area contributed by atoms with Crippen LogP contribution in [0.1, 0.15) is 58.3 Å². The van der Waals surface area contributed by atoms with E-state index in [0.717, 1.165) is 61.3 Å². The Balaban J connectivity index is 1.06. The molecule has 38 heavy (non-hydrogen) atoms. The van der Waals surface area contributed by atoms with Crippen molar-refractivity contribution >= 4 is 29.6 Å². The highest BCUT2D eigenvalue weighted by Crippen LogP contribution is 2.26. The van der Waals surface area contributed by atoms with Crippen molar-refractivity contribution < 1.29 is 9.53 Å². The number of aliphatic imine (C=N–C) groups is 2. The summed E-state index contributed by atoms with van der Waals surface area (Å²) in [5.74, 6) is 2.65. The van der Waals surface area contributed by atoms with E-state index in [4.69, 9.17) is 4.74 Å². The van der Waals surface area contributed by atoms with Gasteiger partial charge in [-0.25, -0.2) is 9.79 Å². The summed E-state index contributed by atoms with van der Waals surface area (Å²) >= 11 is 0. The zero-order valence-corrected chi connectivity index (χ0v) is 22.6. The van der Waals surface area contributed by atoms with Crippen molar-refractivity contribution in [1.82, 2.24) is 10.2 Å². The number of urea groups is 1. The molecule has 2 aliphatic heterocycles. The maximum atomic E-state index is 12.3. The summed E-state index contributed by atoms with van der Waals surface area (Å²) in [5, 5.41) is 9.47. The first-order chi connectivity index (χ1) is 18.6. The van der Waals surface area contributed by atoms with Gasteiger partial charge < -0.3 is 25.6 Å². The number of ether oxygens (including phenoxy) is 1. The van der Waals surface area contributed by atoms with Crippen molar-refractivity contribution in [2.45, 2.75) is 70.4 Å². The van der Waals surface area contributed by atoms with Gasteiger partial charge in [-0.15, -0.1) is 0 Å². The Bertz CT molecular complexity index is 1050. The van der Waals surface area contributed by atoms with Gasteiger partial charge in [0, 0.05) is 24.0 Å². The van der Waals surface area contributed by atoms with Gasteiger partial charge in [-0.1, -0.05) is 32.3 Å². The van der Waals surface area contributed by atoms with E-state index in [1.54, 1.807) is 6.34 Å². The fourth-order valence-corrected chi connectivity index (χ4v) is 5.65. The first-order valence-corrected chi connectivity index (χ1v) is 14.4. The molecule has 1 aromatic carbocycles. The lowest BCUT2D eigenvalue weighted by atomic mass is 9.92. The maximum absolute atomic E-state index is 12.3. The predicted molar refractivity (Wildman–Crippen MR) is 155 cm³/mol. The number of likely N-dealkylation sites (tertiary alicyclic amines) is 1. The molecule has 2 heterocycles. The normalized spacial score (nSPS) is 24.2. The number of piperidine rings is 1. The molecule has 2 atom stereocenters. The summed E-state index contributed by atoms with van der Waals surface area (Å²) < 4.78 is 6.06. The van der Waals surface area contributed by atoms with Gasteiger partial charge in [0.2, 0.25) is 0 Å². The van der Waals surface area contributed by atoms with Crippen LogP contribution >= 0.6 is 0 Å². The number of carbonyl (C=O) groups is 1. The Hall–Kier alpha value is -3.13. The van der Waals surface area contributed by atoms with Crippen molar-refractivity contribution in [2.75, 3.05) is 36.9 Å². The quantitative estimate of drug-likeness (QED) is 0.393. The van der Waals surface area contributed by atoms with Crippen LogP contribution in [0.15, 0.2) is 58.2 Å². The average molecular weight is 519 g/mol. The van der Waals surface area contributed by atoms with Crippen LogP contribution in [-0.4, -0.2) is 61.4 Å². The average Bonchev–Trinajstić information content (AvgIpc) is 2.94. The van der Waals surface area contributed by atoms with Crippen LogP contribution < -0.4 is 16.0 Å². The SMILES string of the molecule is CC1CCN(CCCOC2=CC3N=CN=C(Nc4ccc(NC(=O)NC5CCCCC5)cc4)C3C=C2)CC1. The highest BCUT2D eigenvalue weighted by molar-refractivity contribution is 6.04. The molecule has 8 nitrogen and oxygen atoms in total. The van der Waals surface area contributed by atoms with Gasteiger partial charge >= 0.3 is 6.03 Å². The van der Waals surface area contributed by atoms with Crippen molar-refractivity contribution in [1.29, 1.82) is 0 Å². The smallest absolute Gasteiger partial charge is 0.319 e. The van der Waals surface area contributed by atoms with E-state index in [1.165, 1.54) is 45.2 Å².